The molecule has 0 radical (unpaired) electrons. The summed E-state index contributed by atoms with van der Waals surface area (Å²) in [5, 5.41) is 19.0. The van der Waals surface area contributed by atoms with Crippen LogP contribution in [0.3, 0.4) is 0 Å². The Morgan fingerprint density at radius 3 is 2.80 bits per heavy atom. The summed E-state index contributed by atoms with van der Waals surface area (Å²) < 4.78 is 1.09. The molecule has 4 rings (SSSR count). The fraction of sp³-hybridized carbons (Fsp3) is 0.458. The number of thiophene rings is 1. The molecule has 0 saturated heterocycles. The monoisotopic (exact) mass is 425 g/mol. The molecule has 3 N–H and O–H groups in total. The first kappa shape index (κ1) is 20.9. The van der Waals surface area contributed by atoms with Gasteiger partial charge in [-0.05, 0) is 55.1 Å². The third kappa shape index (κ3) is 4.55. The SMILES string of the molecule is CC(CC1CCCCC1)NCC1(N(C(=O)O)c2cc3ccccc3s2)C=CC=CN1. The van der Waals surface area contributed by atoms with Gasteiger partial charge in [0.2, 0.25) is 0 Å². The zero-order valence-corrected chi connectivity index (χ0v) is 18.3. The summed E-state index contributed by atoms with van der Waals surface area (Å²) >= 11 is 1.51. The molecule has 2 atom stereocenters. The molecule has 1 aromatic heterocycles. The second kappa shape index (κ2) is 9.23. The number of hydrogen-bond acceptors (Lipinski definition) is 4. The Hall–Kier alpha value is -2.31. The summed E-state index contributed by atoms with van der Waals surface area (Å²) in [6.45, 7) is 2.72. The van der Waals surface area contributed by atoms with Crippen LogP contribution in [0, 0.1) is 5.92 Å². The van der Waals surface area contributed by atoms with Crippen LogP contribution >= 0.6 is 11.3 Å². The largest absolute Gasteiger partial charge is 0.465 e. The zero-order chi connectivity index (χ0) is 21.0. The van der Waals surface area contributed by atoms with E-state index in [0.717, 1.165) is 27.4 Å². The van der Waals surface area contributed by atoms with Crippen molar-refractivity contribution in [3.8, 4) is 0 Å². The lowest BCUT2D eigenvalue weighted by molar-refractivity contribution is 0.192. The van der Waals surface area contributed by atoms with E-state index in [4.69, 9.17) is 0 Å². The number of rotatable bonds is 7. The first-order chi connectivity index (χ1) is 14.6. The second-order valence-corrected chi connectivity index (χ2v) is 9.61. The lowest BCUT2D eigenvalue weighted by atomic mass is 9.85. The molecule has 0 bridgehead atoms. The average molecular weight is 426 g/mol. The molecule has 0 spiro atoms. The van der Waals surface area contributed by atoms with Gasteiger partial charge in [0.1, 0.15) is 5.00 Å². The van der Waals surface area contributed by atoms with Crippen LogP contribution < -0.4 is 15.5 Å². The van der Waals surface area contributed by atoms with Crippen molar-refractivity contribution in [2.45, 2.75) is 57.2 Å². The lowest BCUT2D eigenvalue weighted by Crippen LogP contribution is -2.64. The van der Waals surface area contributed by atoms with Crippen LogP contribution in [0.15, 0.2) is 54.8 Å². The highest BCUT2D eigenvalue weighted by Crippen LogP contribution is 2.36. The lowest BCUT2D eigenvalue weighted by Gasteiger charge is -2.41. The molecule has 1 fully saturated rings. The smallest absolute Gasteiger partial charge is 0.414 e. The van der Waals surface area contributed by atoms with Crippen molar-refractivity contribution < 1.29 is 9.90 Å². The zero-order valence-electron chi connectivity index (χ0n) is 17.5. The summed E-state index contributed by atoms with van der Waals surface area (Å²) in [6, 6.07) is 10.3. The Kier molecular flexibility index (Phi) is 6.44. The van der Waals surface area contributed by atoms with Gasteiger partial charge in [-0.1, -0.05) is 56.4 Å². The van der Waals surface area contributed by atoms with E-state index in [1.807, 2.05) is 54.8 Å². The maximum absolute atomic E-state index is 12.4. The minimum atomic E-state index is -0.962. The highest BCUT2D eigenvalue weighted by molar-refractivity contribution is 7.23. The minimum Gasteiger partial charge on any atom is -0.465 e. The van der Waals surface area contributed by atoms with Crippen molar-refractivity contribution in [3.63, 3.8) is 0 Å². The van der Waals surface area contributed by atoms with Crippen molar-refractivity contribution in [2.24, 2.45) is 5.92 Å². The van der Waals surface area contributed by atoms with E-state index in [-0.39, 0.29) is 0 Å². The number of hydrogen-bond donors (Lipinski definition) is 3. The van der Waals surface area contributed by atoms with Gasteiger partial charge in [-0.25, -0.2) is 9.69 Å². The van der Waals surface area contributed by atoms with Gasteiger partial charge in [-0.3, -0.25) is 0 Å². The Morgan fingerprint density at radius 1 is 1.30 bits per heavy atom. The van der Waals surface area contributed by atoms with Crippen LogP contribution in [0.25, 0.3) is 10.1 Å². The molecule has 2 heterocycles. The van der Waals surface area contributed by atoms with Crippen molar-refractivity contribution in [3.05, 3.63) is 54.8 Å². The van der Waals surface area contributed by atoms with Crippen LogP contribution in [0.5, 0.6) is 0 Å². The summed E-state index contributed by atoms with van der Waals surface area (Å²) in [4.78, 5) is 13.9. The van der Waals surface area contributed by atoms with Crippen LogP contribution in [-0.2, 0) is 0 Å². The van der Waals surface area contributed by atoms with Crippen molar-refractivity contribution >= 4 is 32.5 Å². The summed E-state index contributed by atoms with van der Waals surface area (Å²) in [7, 11) is 0. The molecule has 6 heteroatoms. The number of allylic oxidation sites excluding steroid dienone is 2. The number of amides is 1. The highest BCUT2D eigenvalue weighted by atomic mass is 32.1. The standard InChI is InChI=1S/C24H31N3O2S/c1-18(15-19-9-3-2-4-10-19)25-17-24(13-7-8-14-26-24)27(23(28)29)22-16-20-11-5-6-12-21(20)30-22/h5-8,11-14,16,18-19,25-26H,2-4,9-10,15,17H2,1H3,(H,28,29). The molecular formula is C24H31N3O2S. The van der Waals surface area contributed by atoms with Gasteiger partial charge in [0.05, 0.1) is 0 Å². The topological polar surface area (TPSA) is 64.6 Å². The van der Waals surface area contributed by atoms with Crippen LogP contribution in [0.1, 0.15) is 45.4 Å². The number of carbonyl (C=O) groups is 1. The van der Waals surface area contributed by atoms with E-state index in [2.05, 4.69) is 17.6 Å². The highest BCUT2D eigenvalue weighted by Gasteiger charge is 2.40. The number of fused-ring (bicyclic) bond motifs is 1. The molecule has 2 aromatic rings. The van der Waals surface area contributed by atoms with Crippen molar-refractivity contribution in [2.75, 3.05) is 11.4 Å². The fourth-order valence-corrected chi connectivity index (χ4v) is 5.85. The van der Waals surface area contributed by atoms with Gasteiger partial charge in [0.25, 0.3) is 0 Å². The van der Waals surface area contributed by atoms with E-state index < -0.39 is 11.8 Å². The Bertz CT molecular complexity index is 898. The average Bonchev–Trinajstić information content (AvgIpc) is 3.17. The number of anilines is 1. The number of nitrogens with one attached hydrogen (secondary N) is 2. The maximum atomic E-state index is 12.4. The van der Waals surface area contributed by atoms with E-state index in [9.17, 15) is 9.90 Å². The van der Waals surface area contributed by atoms with E-state index in [0.29, 0.717) is 12.6 Å². The molecule has 2 unspecified atom stereocenters. The molecule has 30 heavy (non-hydrogen) atoms. The first-order valence-electron chi connectivity index (χ1n) is 10.9. The molecular weight excluding hydrogens is 394 g/mol. The molecule has 1 aliphatic carbocycles. The van der Waals surface area contributed by atoms with Gasteiger partial charge in [0, 0.05) is 17.3 Å². The van der Waals surface area contributed by atoms with E-state index >= 15 is 0 Å². The predicted molar refractivity (Wildman–Crippen MR) is 125 cm³/mol. The normalized spacial score (nSPS) is 22.7. The molecule has 1 amide bonds. The molecule has 1 aromatic carbocycles. The van der Waals surface area contributed by atoms with Crippen LogP contribution in [0.4, 0.5) is 9.80 Å². The quantitative estimate of drug-likeness (QED) is 0.532. The number of carboxylic acid groups (broad SMARTS) is 1. The molecule has 1 saturated carbocycles. The molecule has 1 aliphatic heterocycles. The molecule has 160 valence electrons. The predicted octanol–water partition coefficient (Wildman–Crippen LogP) is 5.70. The number of benzene rings is 1. The summed E-state index contributed by atoms with van der Waals surface area (Å²) in [5.74, 6) is 0.783. The Labute approximate surface area is 182 Å². The number of nitrogens with zero attached hydrogens (tertiary/aromatic N) is 1. The summed E-state index contributed by atoms with van der Waals surface area (Å²) in [6.07, 6.45) is 14.5. The van der Waals surface area contributed by atoms with Gasteiger partial charge in [-0.15, -0.1) is 11.3 Å². The van der Waals surface area contributed by atoms with Crippen LogP contribution in [0.2, 0.25) is 0 Å². The van der Waals surface area contributed by atoms with E-state index in [1.165, 1.54) is 48.3 Å². The Balaban J connectivity index is 1.55. The first-order valence-corrected chi connectivity index (χ1v) is 11.8. The molecule has 5 nitrogen and oxygen atoms in total. The van der Waals surface area contributed by atoms with Crippen molar-refractivity contribution in [1.82, 2.24) is 10.6 Å². The minimum absolute atomic E-state index is 0.337. The van der Waals surface area contributed by atoms with Crippen LogP contribution in [-0.4, -0.2) is 29.4 Å². The third-order valence-electron chi connectivity index (χ3n) is 6.27. The van der Waals surface area contributed by atoms with E-state index in [1.54, 1.807) is 0 Å². The fourth-order valence-electron chi connectivity index (χ4n) is 4.71. The third-order valence-corrected chi connectivity index (χ3v) is 7.37. The number of dihydropyridines is 1. The Morgan fingerprint density at radius 2 is 2.10 bits per heavy atom. The maximum Gasteiger partial charge on any atom is 0.414 e. The molecule has 2 aliphatic rings. The van der Waals surface area contributed by atoms with Gasteiger partial charge in [-0.2, -0.15) is 0 Å². The van der Waals surface area contributed by atoms with Crippen molar-refractivity contribution in [1.29, 1.82) is 0 Å². The second-order valence-electron chi connectivity index (χ2n) is 8.55. The van der Waals surface area contributed by atoms with Gasteiger partial charge >= 0.3 is 6.09 Å². The van der Waals surface area contributed by atoms with Gasteiger partial charge in [0.15, 0.2) is 5.66 Å². The summed E-state index contributed by atoms with van der Waals surface area (Å²) in [5.41, 5.74) is -0.859. The van der Waals surface area contributed by atoms with Gasteiger partial charge < -0.3 is 15.7 Å².